The maximum absolute atomic E-state index is 13.4. The summed E-state index contributed by atoms with van der Waals surface area (Å²) in [7, 11) is 1.67. The third kappa shape index (κ3) is 3.51. The van der Waals surface area contributed by atoms with E-state index >= 15 is 0 Å². The Morgan fingerprint density at radius 3 is 2.79 bits per heavy atom. The first-order chi connectivity index (χ1) is 13.7. The lowest BCUT2D eigenvalue weighted by Gasteiger charge is -2.34. The molecule has 0 saturated carbocycles. The Balaban J connectivity index is 1.52. The quantitative estimate of drug-likeness (QED) is 0.588. The molecule has 0 unspecified atom stereocenters. The molecule has 3 aromatic rings. The molecule has 2 heterocycles. The van der Waals surface area contributed by atoms with Crippen molar-refractivity contribution in [3.63, 3.8) is 0 Å². The van der Waals surface area contributed by atoms with Crippen LogP contribution < -0.4 is 14.4 Å². The molecular formula is C22H25FN2O3. The van der Waals surface area contributed by atoms with E-state index in [4.69, 9.17) is 14.0 Å². The second-order valence-electron chi connectivity index (χ2n) is 7.13. The fraction of sp³-hybridized carbons (Fsp3) is 0.409. The first kappa shape index (κ1) is 18.6. The molecule has 1 aromatic heterocycles. The van der Waals surface area contributed by atoms with E-state index in [1.807, 2.05) is 12.1 Å². The number of halogens is 1. The third-order valence-electron chi connectivity index (χ3n) is 5.31. The molecule has 0 amide bonds. The highest BCUT2D eigenvalue weighted by Gasteiger charge is 2.27. The van der Waals surface area contributed by atoms with Crippen molar-refractivity contribution in [1.29, 1.82) is 0 Å². The van der Waals surface area contributed by atoms with E-state index in [1.165, 1.54) is 12.1 Å². The molecule has 148 valence electrons. The lowest BCUT2D eigenvalue weighted by atomic mass is 9.91. The van der Waals surface area contributed by atoms with E-state index in [1.54, 1.807) is 13.2 Å². The molecule has 6 heteroatoms. The van der Waals surface area contributed by atoms with Crippen molar-refractivity contribution in [2.75, 3.05) is 31.7 Å². The van der Waals surface area contributed by atoms with E-state index in [0.717, 1.165) is 60.6 Å². The topological polar surface area (TPSA) is 47.7 Å². The largest absolute Gasteiger partial charge is 0.493 e. The van der Waals surface area contributed by atoms with Crippen LogP contribution in [0.5, 0.6) is 11.5 Å². The van der Waals surface area contributed by atoms with Gasteiger partial charge in [-0.25, -0.2) is 4.39 Å². The second kappa shape index (κ2) is 8.09. The summed E-state index contributed by atoms with van der Waals surface area (Å²) in [5.41, 5.74) is 2.52. The molecular weight excluding hydrogens is 359 g/mol. The minimum absolute atomic E-state index is 0.300. The Bertz CT molecular complexity index is 948. The van der Waals surface area contributed by atoms with Gasteiger partial charge in [-0.1, -0.05) is 18.1 Å². The van der Waals surface area contributed by atoms with Gasteiger partial charge in [-0.3, -0.25) is 0 Å². The highest BCUT2D eigenvalue weighted by atomic mass is 19.1. The molecule has 0 atom stereocenters. The Morgan fingerprint density at radius 2 is 2.04 bits per heavy atom. The van der Waals surface area contributed by atoms with Crippen molar-refractivity contribution in [3.8, 4) is 11.5 Å². The third-order valence-corrected chi connectivity index (χ3v) is 5.31. The summed E-state index contributed by atoms with van der Waals surface area (Å²) in [6.45, 7) is 4.52. The molecule has 0 spiro atoms. The molecule has 0 aliphatic carbocycles. The average Bonchev–Trinajstić information content (AvgIpc) is 3.15. The number of methoxy groups -OCH3 is 1. The van der Waals surface area contributed by atoms with Crippen molar-refractivity contribution < 1.29 is 18.4 Å². The number of nitrogens with zero attached hydrogens (tertiary/aromatic N) is 2. The van der Waals surface area contributed by atoms with Crippen LogP contribution in [0.15, 0.2) is 40.9 Å². The van der Waals surface area contributed by atoms with Crippen LogP contribution in [0.1, 0.15) is 37.8 Å². The molecule has 1 fully saturated rings. The standard InChI is InChI=1S/C22H25FN2O3/c1-3-13-27-22-18(5-4-6-19(22)26-2)25-11-9-15(10-12-25)21-17-8-7-16(23)14-20(17)28-24-21/h4-8,14-15H,3,9-13H2,1-2H3. The van der Waals surface area contributed by atoms with Crippen molar-refractivity contribution in [2.45, 2.75) is 32.1 Å². The average molecular weight is 384 g/mol. The number of benzene rings is 2. The smallest absolute Gasteiger partial charge is 0.184 e. The normalized spacial score (nSPS) is 15.2. The van der Waals surface area contributed by atoms with Crippen LogP contribution in [0, 0.1) is 5.82 Å². The zero-order chi connectivity index (χ0) is 19.5. The summed E-state index contributed by atoms with van der Waals surface area (Å²) >= 11 is 0. The van der Waals surface area contributed by atoms with Gasteiger partial charge in [-0.05, 0) is 43.5 Å². The number of aromatic nitrogens is 1. The first-order valence-corrected chi connectivity index (χ1v) is 9.80. The van der Waals surface area contributed by atoms with Crippen molar-refractivity contribution in [1.82, 2.24) is 5.16 Å². The predicted octanol–water partition coefficient (Wildman–Crippen LogP) is 5.15. The van der Waals surface area contributed by atoms with Gasteiger partial charge in [0.1, 0.15) is 5.82 Å². The van der Waals surface area contributed by atoms with Crippen LogP contribution >= 0.6 is 0 Å². The van der Waals surface area contributed by atoms with Gasteiger partial charge in [-0.2, -0.15) is 0 Å². The monoisotopic (exact) mass is 384 g/mol. The zero-order valence-corrected chi connectivity index (χ0v) is 16.3. The Labute approximate surface area is 164 Å². The van der Waals surface area contributed by atoms with Gasteiger partial charge in [0.15, 0.2) is 17.1 Å². The Morgan fingerprint density at radius 1 is 1.21 bits per heavy atom. The fourth-order valence-corrected chi connectivity index (χ4v) is 3.88. The van der Waals surface area contributed by atoms with Crippen molar-refractivity contribution in [3.05, 3.63) is 47.9 Å². The number of ether oxygens (including phenoxy) is 2. The number of hydrogen-bond acceptors (Lipinski definition) is 5. The summed E-state index contributed by atoms with van der Waals surface area (Å²) < 4.78 is 30.3. The zero-order valence-electron chi connectivity index (χ0n) is 16.3. The van der Waals surface area contributed by atoms with Gasteiger partial charge in [0.05, 0.1) is 25.1 Å². The van der Waals surface area contributed by atoms with E-state index < -0.39 is 0 Å². The molecule has 28 heavy (non-hydrogen) atoms. The SMILES string of the molecule is CCCOc1c(OC)cccc1N1CCC(c2noc3cc(F)ccc23)CC1. The number of para-hydroxylation sites is 1. The summed E-state index contributed by atoms with van der Waals surface area (Å²) in [6, 6.07) is 10.6. The van der Waals surface area contributed by atoms with E-state index in [2.05, 4.69) is 23.0 Å². The molecule has 5 nitrogen and oxygen atoms in total. The maximum Gasteiger partial charge on any atom is 0.184 e. The van der Waals surface area contributed by atoms with Gasteiger partial charge >= 0.3 is 0 Å². The van der Waals surface area contributed by atoms with Gasteiger partial charge in [0, 0.05) is 30.5 Å². The Hall–Kier alpha value is -2.76. The molecule has 0 radical (unpaired) electrons. The number of fused-ring (bicyclic) bond motifs is 1. The highest BCUT2D eigenvalue weighted by molar-refractivity contribution is 5.80. The van der Waals surface area contributed by atoms with Crippen LogP contribution in [-0.2, 0) is 0 Å². The minimum atomic E-state index is -0.303. The molecule has 0 N–H and O–H groups in total. The van der Waals surface area contributed by atoms with Gasteiger partial charge in [0.2, 0.25) is 0 Å². The van der Waals surface area contributed by atoms with E-state index in [0.29, 0.717) is 18.1 Å². The molecule has 2 aromatic carbocycles. The highest BCUT2D eigenvalue weighted by Crippen LogP contribution is 2.41. The molecule has 1 aliphatic rings. The number of rotatable bonds is 6. The molecule has 1 aliphatic heterocycles. The van der Waals surface area contributed by atoms with Crippen LogP contribution in [-0.4, -0.2) is 32.0 Å². The number of piperidine rings is 1. The van der Waals surface area contributed by atoms with Crippen molar-refractivity contribution in [2.24, 2.45) is 0 Å². The number of anilines is 1. The van der Waals surface area contributed by atoms with Gasteiger partial charge < -0.3 is 18.9 Å². The predicted molar refractivity (Wildman–Crippen MR) is 107 cm³/mol. The Kier molecular flexibility index (Phi) is 5.37. The van der Waals surface area contributed by atoms with E-state index in [-0.39, 0.29) is 5.82 Å². The fourth-order valence-electron chi connectivity index (χ4n) is 3.88. The molecule has 0 bridgehead atoms. The summed E-state index contributed by atoms with van der Waals surface area (Å²) in [5, 5.41) is 5.15. The molecule has 4 rings (SSSR count). The van der Waals surface area contributed by atoms with Gasteiger partial charge in [0.25, 0.3) is 0 Å². The molecule has 1 saturated heterocycles. The van der Waals surface area contributed by atoms with Crippen LogP contribution in [0.4, 0.5) is 10.1 Å². The lowest BCUT2D eigenvalue weighted by molar-refractivity contribution is 0.294. The maximum atomic E-state index is 13.4. The van der Waals surface area contributed by atoms with Crippen LogP contribution in [0.2, 0.25) is 0 Å². The summed E-state index contributed by atoms with van der Waals surface area (Å²) in [4.78, 5) is 2.34. The van der Waals surface area contributed by atoms with Crippen LogP contribution in [0.3, 0.4) is 0 Å². The minimum Gasteiger partial charge on any atom is -0.493 e. The first-order valence-electron chi connectivity index (χ1n) is 9.80. The second-order valence-corrected chi connectivity index (χ2v) is 7.13. The summed E-state index contributed by atoms with van der Waals surface area (Å²) in [5.74, 6) is 1.57. The van der Waals surface area contributed by atoms with Crippen molar-refractivity contribution >= 4 is 16.7 Å². The summed E-state index contributed by atoms with van der Waals surface area (Å²) in [6.07, 6.45) is 2.84. The van der Waals surface area contributed by atoms with Gasteiger partial charge in [-0.15, -0.1) is 0 Å². The number of hydrogen-bond donors (Lipinski definition) is 0. The lowest BCUT2D eigenvalue weighted by Crippen LogP contribution is -2.33. The van der Waals surface area contributed by atoms with Crippen LogP contribution in [0.25, 0.3) is 11.0 Å². The van der Waals surface area contributed by atoms with E-state index in [9.17, 15) is 4.39 Å².